The first-order valence-electron chi connectivity index (χ1n) is 38.4. The van der Waals surface area contributed by atoms with Crippen LogP contribution in [0.15, 0.2) is 295 Å². The zero-order chi connectivity index (χ0) is 85.8. The second kappa shape index (κ2) is 41.9. The summed E-state index contributed by atoms with van der Waals surface area (Å²) in [6.07, 6.45) is 19.5. The summed E-state index contributed by atoms with van der Waals surface area (Å²) in [5.41, 5.74) is 11.2. The molecule has 0 N–H and O–H groups in total. The molecule has 0 spiro atoms. The van der Waals surface area contributed by atoms with Gasteiger partial charge in [0.25, 0.3) is 35.3 Å². The molecule has 0 aliphatic carbocycles. The Morgan fingerprint density at radius 1 is 0.323 bits per heavy atom. The van der Waals surface area contributed by atoms with E-state index in [1.165, 1.54) is 5.56 Å². The first-order valence-corrected chi connectivity index (χ1v) is 38.8. The molecular weight excluding hydrogens is 1600 g/mol. The van der Waals surface area contributed by atoms with Crippen molar-refractivity contribution in [3.05, 3.63) is 279 Å². The van der Waals surface area contributed by atoms with E-state index in [9.17, 15) is 0 Å². The van der Waals surface area contributed by atoms with Crippen molar-refractivity contribution in [1.82, 2.24) is 90.7 Å². The van der Waals surface area contributed by atoms with E-state index in [2.05, 4.69) is 112 Å². The van der Waals surface area contributed by atoms with Gasteiger partial charge in [0.1, 0.15) is 28.2 Å². The molecule has 0 atom stereocenters. The number of hydrogen-bond donors (Lipinski definition) is 0. The number of aryl methyl sites for hydroxylation is 1. The van der Waals surface area contributed by atoms with E-state index in [1.54, 1.807) is 133 Å². The van der Waals surface area contributed by atoms with Crippen LogP contribution >= 0.6 is 11.6 Å². The standard InChI is InChI=1S/C17H17N3O2.C16H15N3O4.C16H15N3O2.C14H10ClN3O.C14H9N3O3.C14H11N3O2/c1-12(2)11-21-15-5-3-14(4-6-15)17-19-16(20-22-17)13-7-9-18-10-8-13;1-20-12-9-14(22-3)13(21-2)8-11(12)16-18-15(19-23-16)10-4-6-17-7-5-10;1-2-11-20-14-5-3-13(4-6-14)16-18-15(19-21-16)12-7-9-17-10-8-12;1-9-2-4-10(5-3-9)13-17-14(19-18-13)11-6-7-16-12(15)8-11;1-2-11-12(19-8-18-11)7-10(1)14-16-13(17-20-14)9-3-5-15-6-4-9;1-18-12-4-2-11(3-5-12)14-16-13(17-19-14)10-6-8-15-9-7-10/h3-10,12H,11H2,1-2H3;4-9H,1-3H3;3-10H,2,11H2,1H3;2-8H,1H3;1-7H,8H2;2-9H,1H3. The first-order chi connectivity index (χ1) is 60.8. The average molecular weight is 1680 g/mol. The third-order valence-corrected chi connectivity index (χ3v) is 17.9. The summed E-state index contributed by atoms with van der Waals surface area (Å²) in [5.74, 6) is 11.9. The van der Waals surface area contributed by atoms with Crippen molar-refractivity contribution >= 4 is 11.6 Å². The number of hydrogen-bond acceptors (Lipinski definition) is 32. The Kier molecular flexibility index (Phi) is 28.5. The fourth-order valence-corrected chi connectivity index (χ4v) is 11.5. The van der Waals surface area contributed by atoms with E-state index in [1.807, 2.05) is 171 Å². The summed E-state index contributed by atoms with van der Waals surface area (Å²) >= 11 is 5.83. The molecule has 622 valence electrons. The highest BCUT2D eigenvalue weighted by atomic mass is 35.5. The Hall–Kier alpha value is -16.3. The van der Waals surface area contributed by atoms with E-state index >= 15 is 0 Å². The number of aromatic nitrogens is 18. The number of benzene rings is 6. The van der Waals surface area contributed by atoms with Crippen molar-refractivity contribution in [2.75, 3.05) is 48.4 Å². The largest absolute Gasteiger partial charge is 0.497 e. The lowest BCUT2D eigenvalue weighted by atomic mass is 10.1. The van der Waals surface area contributed by atoms with Crippen LogP contribution in [0, 0.1) is 12.8 Å². The van der Waals surface area contributed by atoms with Gasteiger partial charge >= 0.3 is 0 Å². The normalized spacial score (nSPS) is 10.9. The Balaban J connectivity index is 0.000000121. The van der Waals surface area contributed by atoms with Crippen molar-refractivity contribution in [2.24, 2.45) is 5.92 Å². The quantitative estimate of drug-likeness (QED) is 0.0569. The number of fused-ring (bicyclic) bond motifs is 1. The van der Waals surface area contributed by atoms with Crippen LogP contribution in [0.3, 0.4) is 0 Å². The lowest BCUT2D eigenvalue weighted by Crippen LogP contribution is -2.04. The van der Waals surface area contributed by atoms with Gasteiger partial charge in [0.05, 0.1) is 47.2 Å². The summed E-state index contributed by atoms with van der Waals surface area (Å²) in [7, 11) is 6.31. The van der Waals surface area contributed by atoms with Gasteiger partial charge in [0, 0.05) is 141 Å². The molecule has 0 bridgehead atoms. The second-order valence-corrected chi connectivity index (χ2v) is 27.1. The molecule has 32 nitrogen and oxygen atoms in total. The Morgan fingerprint density at radius 2 is 0.653 bits per heavy atom. The lowest BCUT2D eigenvalue weighted by molar-refractivity contribution is 0.174. The lowest BCUT2D eigenvalue weighted by Gasteiger charge is -2.11. The Labute approximate surface area is 714 Å². The minimum atomic E-state index is 0.241. The number of halogens is 1. The number of methoxy groups -OCH3 is 4. The van der Waals surface area contributed by atoms with Gasteiger partial charge in [0.15, 0.2) is 23.0 Å². The van der Waals surface area contributed by atoms with E-state index in [4.69, 9.17) is 76.6 Å². The monoisotopic (exact) mass is 1680 g/mol. The SMILES string of the molecule is CC(C)COc1ccc(-c2nc(-c3ccncc3)no2)cc1.CCCOc1ccc(-c2nc(-c3ccncc3)no2)cc1.COc1cc(OC)c(-c2nc(-c3ccncc3)no2)cc1OC.COc1ccc(-c2nc(-c3ccncc3)no2)cc1.Cc1ccc(-c2noc(-c3ccnc(Cl)c3)n2)cc1.c1cc(-c2noc(-c3ccc4c(c3)OCO4)n2)ccn1. The van der Waals surface area contributed by atoms with Crippen LogP contribution in [0.2, 0.25) is 5.15 Å². The molecule has 6 aromatic carbocycles. The molecule has 0 saturated carbocycles. The summed E-state index contributed by atoms with van der Waals surface area (Å²) < 4.78 is 74.6. The molecule has 0 amide bonds. The van der Waals surface area contributed by atoms with Crippen molar-refractivity contribution in [2.45, 2.75) is 34.1 Å². The van der Waals surface area contributed by atoms with Crippen LogP contribution in [0.4, 0.5) is 0 Å². The van der Waals surface area contributed by atoms with Crippen LogP contribution in [0.1, 0.15) is 32.8 Å². The molecule has 0 saturated heterocycles. The third-order valence-electron chi connectivity index (χ3n) is 17.7. The smallest absolute Gasteiger partial charge is 0.262 e. The highest BCUT2D eigenvalue weighted by Gasteiger charge is 2.22. The van der Waals surface area contributed by atoms with Crippen molar-refractivity contribution in [3.63, 3.8) is 0 Å². The molecule has 18 aromatic rings. The molecular formula is C91H77ClN18O14. The fourth-order valence-electron chi connectivity index (χ4n) is 11.3. The predicted octanol–water partition coefficient (Wildman–Crippen LogP) is 19.3. The maximum atomic E-state index is 5.83. The summed E-state index contributed by atoms with van der Waals surface area (Å²) in [5, 5.41) is 24.3. The highest BCUT2D eigenvalue weighted by Crippen LogP contribution is 2.41. The van der Waals surface area contributed by atoms with Gasteiger partial charge < -0.3 is 65.0 Å². The molecule has 0 radical (unpaired) electrons. The highest BCUT2D eigenvalue weighted by molar-refractivity contribution is 6.29. The third kappa shape index (κ3) is 22.4. The van der Waals surface area contributed by atoms with Crippen LogP contribution < -0.4 is 37.9 Å². The maximum absolute atomic E-state index is 5.83. The Bertz CT molecular complexity index is 6330. The van der Waals surface area contributed by atoms with Gasteiger partial charge in [0.2, 0.25) is 41.7 Å². The Morgan fingerprint density at radius 3 is 1.04 bits per heavy atom. The minimum absolute atomic E-state index is 0.241. The van der Waals surface area contributed by atoms with Crippen molar-refractivity contribution in [1.29, 1.82) is 0 Å². The minimum Gasteiger partial charge on any atom is -0.497 e. The molecule has 1 aliphatic heterocycles. The summed E-state index contributed by atoms with van der Waals surface area (Å²) in [6, 6.07) is 61.4. The molecule has 19 rings (SSSR count). The van der Waals surface area contributed by atoms with Crippen molar-refractivity contribution < 1.29 is 65.0 Å². The fraction of sp³-hybridized carbons (Fsp3) is 0.143. The zero-order valence-corrected chi connectivity index (χ0v) is 68.7. The van der Waals surface area contributed by atoms with Crippen LogP contribution in [-0.2, 0) is 0 Å². The number of pyridine rings is 6. The predicted molar refractivity (Wildman–Crippen MR) is 456 cm³/mol. The van der Waals surface area contributed by atoms with E-state index < -0.39 is 0 Å². The van der Waals surface area contributed by atoms with Gasteiger partial charge in [-0.25, -0.2) is 4.98 Å². The molecule has 13 heterocycles. The molecule has 1 aliphatic rings. The molecule has 124 heavy (non-hydrogen) atoms. The van der Waals surface area contributed by atoms with Gasteiger partial charge in [-0.3, -0.25) is 24.9 Å². The summed E-state index contributed by atoms with van der Waals surface area (Å²) in [6.45, 7) is 10.0. The van der Waals surface area contributed by atoms with E-state index in [-0.39, 0.29) is 6.79 Å². The maximum Gasteiger partial charge on any atom is 0.262 e. The van der Waals surface area contributed by atoms with Crippen LogP contribution in [-0.4, -0.2) is 139 Å². The second-order valence-electron chi connectivity index (χ2n) is 26.8. The summed E-state index contributed by atoms with van der Waals surface area (Å²) in [4.78, 5) is 50.0. The van der Waals surface area contributed by atoms with Crippen LogP contribution in [0.25, 0.3) is 137 Å². The number of rotatable bonds is 22. The van der Waals surface area contributed by atoms with Crippen LogP contribution in [0.5, 0.6) is 46.0 Å². The van der Waals surface area contributed by atoms with Gasteiger partial charge in [-0.15, -0.1) is 0 Å². The zero-order valence-electron chi connectivity index (χ0n) is 68.0. The number of ether oxygens (including phenoxy) is 8. The molecule has 0 fully saturated rings. The van der Waals surface area contributed by atoms with E-state index in [0.29, 0.717) is 123 Å². The van der Waals surface area contributed by atoms with Gasteiger partial charge in [-0.05, 0) is 183 Å². The molecule has 33 heteroatoms. The van der Waals surface area contributed by atoms with E-state index in [0.717, 1.165) is 90.6 Å². The topological polar surface area (TPSA) is 385 Å². The van der Waals surface area contributed by atoms with Gasteiger partial charge in [-0.1, -0.05) is 93.1 Å². The number of nitrogens with zero attached hydrogens (tertiary/aromatic N) is 18. The van der Waals surface area contributed by atoms with Crippen molar-refractivity contribution in [3.8, 4) is 183 Å². The molecule has 0 unspecified atom stereocenters. The molecule has 12 aromatic heterocycles. The van der Waals surface area contributed by atoms with Gasteiger partial charge in [-0.2, -0.15) is 29.9 Å². The first kappa shape index (κ1) is 84.2. The average Bonchev–Trinajstić information content (AvgIpc) is 1.59.